The molecule has 1 rings (SSSR count). The maximum absolute atomic E-state index is 9.43. The fraction of sp³-hybridized carbons (Fsp3) is 0.933. The van der Waals surface area contributed by atoms with Crippen molar-refractivity contribution < 1.29 is 0 Å². The molecule has 1 aliphatic carbocycles. The fourth-order valence-corrected chi connectivity index (χ4v) is 2.82. The Balaban J connectivity index is 2.59. The van der Waals surface area contributed by atoms with Crippen molar-refractivity contribution in [2.45, 2.75) is 84.0 Å². The topological polar surface area (TPSA) is 39.1 Å². The van der Waals surface area contributed by atoms with Gasteiger partial charge in [0.05, 0.1) is 6.07 Å². The van der Waals surface area contributed by atoms with Crippen LogP contribution in [0.3, 0.4) is 0 Å². The Morgan fingerprint density at radius 2 is 1.94 bits per heavy atom. The number of hydrogen-bond donors (Lipinski definition) is 1. The van der Waals surface area contributed by atoms with Crippen molar-refractivity contribution in [1.29, 1.82) is 5.26 Å². The van der Waals surface area contributed by atoms with Crippen LogP contribution >= 0.6 is 0 Å². The Labute approximate surface area is 113 Å². The molecule has 3 atom stereocenters. The van der Waals surface area contributed by atoms with E-state index in [1.165, 1.54) is 12.8 Å². The van der Waals surface area contributed by atoms with Crippen LogP contribution in [-0.4, -0.2) is 35.1 Å². The van der Waals surface area contributed by atoms with Crippen molar-refractivity contribution in [3.05, 3.63) is 0 Å². The monoisotopic (exact) mass is 251 g/mol. The van der Waals surface area contributed by atoms with E-state index in [1.54, 1.807) is 0 Å². The zero-order chi connectivity index (χ0) is 13.8. The van der Waals surface area contributed by atoms with Gasteiger partial charge in [0.15, 0.2) is 0 Å². The van der Waals surface area contributed by atoms with Crippen LogP contribution < -0.4 is 5.32 Å². The van der Waals surface area contributed by atoms with E-state index in [2.05, 4.69) is 44.0 Å². The molecule has 3 heteroatoms. The highest BCUT2D eigenvalue weighted by Crippen LogP contribution is 2.26. The van der Waals surface area contributed by atoms with Gasteiger partial charge in [-0.25, -0.2) is 0 Å². The van der Waals surface area contributed by atoms with Crippen molar-refractivity contribution in [2.24, 2.45) is 0 Å². The standard InChI is InChI=1S/C15H29N3/c1-6-12(3)18(7-2)13(4)10-15(5,11-16)17-14-8-9-14/h12-14,17H,6-10H2,1-5H3. The third kappa shape index (κ3) is 4.26. The molecule has 0 bridgehead atoms. The first kappa shape index (κ1) is 15.5. The molecule has 0 spiro atoms. The van der Waals surface area contributed by atoms with E-state index in [1.807, 2.05) is 6.92 Å². The van der Waals surface area contributed by atoms with Crippen LogP contribution in [0.5, 0.6) is 0 Å². The van der Waals surface area contributed by atoms with Gasteiger partial charge in [0.2, 0.25) is 0 Å². The average molecular weight is 251 g/mol. The summed E-state index contributed by atoms with van der Waals surface area (Å²) >= 11 is 0. The van der Waals surface area contributed by atoms with Crippen LogP contribution in [-0.2, 0) is 0 Å². The zero-order valence-electron chi connectivity index (χ0n) is 12.7. The molecule has 0 radical (unpaired) electrons. The predicted molar refractivity (Wildman–Crippen MR) is 76.4 cm³/mol. The number of hydrogen-bond acceptors (Lipinski definition) is 3. The summed E-state index contributed by atoms with van der Waals surface area (Å²) in [5.74, 6) is 0. The fourth-order valence-electron chi connectivity index (χ4n) is 2.82. The van der Waals surface area contributed by atoms with Crippen LogP contribution in [0.25, 0.3) is 0 Å². The summed E-state index contributed by atoms with van der Waals surface area (Å²) in [4.78, 5) is 2.50. The summed E-state index contributed by atoms with van der Waals surface area (Å²) in [5, 5.41) is 12.9. The molecule has 1 aliphatic rings. The molecule has 104 valence electrons. The minimum absolute atomic E-state index is 0.374. The van der Waals surface area contributed by atoms with E-state index in [0.29, 0.717) is 18.1 Å². The summed E-state index contributed by atoms with van der Waals surface area (Å²) in [7, 11) is 0. The average Bonchev–Trinajstić information content (AvgIpc) is 3.13. The number of nitrogens with one attached hydrogen (secondary N) is 1. The van der Waals surface area contributed by atoms with E-state index in [4.69, 9.17) is 0 Å². The van der Waals surface area contributed by atoms with Crippen LogP contribution in [0.4, 0.5) is 0 Å². The van der Waals surface area contributed by atoms with Crippen molar-refractivity contribution in [2.75, 3.05) is 6.54 Å². The lowest BCUT2D eigenvalue weighted by Crippen LogP contribution is -2.49. The van der Waals surface area contributed by atoms with Gasteiger partial charge in [-0.15, -0.1) is 0 Å². The second kappa shape index (κ2) is 6.54. The van der Waals surface area contributed by atoms with E-state index in [0.717, 1.165) is 19.4 Å². The lowest BCUT2D eigenvalue weighted by Gasteiger charge is -2.37. The summed E-state index contributed by atoms with van der Waals surface area (Å²) in [6.07, 6.45) is 4.53. The normalized spacial score (nSPS) is 22.3. The number of rotatable bonds is 8. The van der Waals surface area contributed by atoms with Crippen molar-refractivity contribution in [3.8, 4) is 6.07 Å². The molecule has 0 heterocycles. The first-order valence-electron chi connectivity index (χ1n) is 7.40. The molecule has 3 unspecified atom stereocenters. The third-order valence-electron chi connectivity index (χ3n) is 4.14. The van der Waals surface area contributed by atoms with Gasteiger partial charge in [-0.3, -0.25) is 10.2 Å². The summed E-state index contributed by atoms with van der Waals surface area (Å²) in [6, 6.07) is 4.10. The highest BCUT2D eigenvalue weighted by atomic mass is 15.2. The molecule has 1 N–H and O–H groups in total. The van der Waals surface area contributed by atoms with Crippen molar-refractivity contribution in [1.82, 2.24) is 10.2 Å². The molecule has 1 fully saturated rings. The third-order valence-corrected chi connectivity index (χ3v) is 4.14. The minimum Gasteiger partial charge on any atom is -0.298 e. The molecule has 0 aromatic carbocycles. The maximum Gasteiger partial charge on any atom is 0.105 e. The second-order valence-corrected chi connectivity index (χ2v) is 6.00. The largest absolute Gasteiger partial charge is 0.298 e. The molecule has 0 amide bonds. The van der Waals surface area contributed by atoms with Crippen molar-refractivity contribution >= 4 is 0 Å². The molecule has 0 aliphatic heterocycles. The highest BCUT2D eigenvalue weighted by molar-refractivity contribution is 5.08. The lowest BCUT2D eigenvalue weighted by molar-refractivity contribution is 0.134. The van der Waals surface area contributed by atoms with Crippen molar-refractivity contribution in [3.63, 3.8) is 0 Å². The smallest absolute Gasteiger partial charge is 0.105 e. The van der Waals surface area contributed by atoms with Gasteiger partial charge in [0.1, 0.15) is 5.54 Å². The SMILES string of the molecule is CCC(C)N(CC)C(C)CC(C)(C#N)NC1CC1. The molecule has 1 saturated carbocycles. The predicted octanol–water partition coefficient (Wildman–Crippen LogP) is 2.92. The first-order chi connectivity index (χ1) is 8.45. The number of nitriles is 1. The molecule has 3 nitrogen and oxygen atoms in total. The summed E-state index contributed by atoms with van der Waals surface area (Å²) < 4.78 is 0. The Hall–Kier alpha value is -0.590. The zero-order valence-corrected chi connectivity index (χ0v) is 12.7. The summed E-state index contributed by atoms with van der Waals surface area (Å²) in [5.41, 5.74) is -0.374. The second-order valence-electron chi connectivity index (χ2n) is 6.00. The van der Waals surface area contributed by atoms with E-state index < -0.39 is 0 Å². The minimum atomic E-state index is -0.374. The quantitative estimate of drug-likeness (QED) is 0.721. The van der Waals surface area contributed by atoms with Gasteiger partial charge in [-0.1, -0.05) is 13.8 Å². The van der Waals surface area contributed by atoms with Crippen LogP contribution in [0.15, 0.2) is 0 Å². The van der Waals surface area contributed by atoms with Gasteiger partial charge in [0.25, 0.3) is 0 Å². The molecule has 0 saturated heterocycles. The van der Waals surface area contributed by atoms with Gasteiger partial charge < -0.3 is 0 Å². The molecule has 0 aromatic rings. The number of nitrogens with zero attached hydrogens (tertiary/aromatic N) is 2. The lowest BCUT2D eigenvalue weighted by atomic mass is 9.93. The molecule has 18 heavy (non-hydrogen) atoms. The molecular weight excluding hydrogens is 222 g/mol. The highest BCUT2D eigenvalue weighted by Gasteiger charge is 2.35. The Bertz CT molecular complexity index is 293. The Morgan fingerprint density at radius 1 is 1.33 bits per heavy atom. The van der Waals surface area contributed by atoms with Gasteiger partial charge in [-0.2, -0.15) is 5.26 Å². The van der Waals surface area contributed by atoms with E-state index in [9.17, 15) is 5.26 Å². The summed E-state index contributed by atoms with van der Waals surface area (Å²) in [6.45, 7) is 12.1. The van der Waals surface area contributed by atoms with Crippen LogP contribution in [0.1, 0.15) is 60.3 Å². The van der Waals surface area contributed by atoms with Crippen LogP contribution in [0, 0.1) is 11.3 Å². The van der Waals surface area contributed by atoms with Gasteiger partial charge in [0, 0.05) is 18.1 Å². The van der Waals surface area contributed by atoms with Gasteiger partial charge in [-0.05, 0) is 53.0 Å². The van der Waals surface area contributed by atoms with Gasteiger partial charge >= 0.3 is 0 Å². The first-order valence-corrected chi connectivity index (χ1v) is 7.40. The maximum atomic E-state index is 9.43. The molecule has 0 aromatic heterocycles. The molecular formula is C15H29N3. The van der Waals surface area contributed by atoms with E-state index in [-0.39, 0.29) is 5.54 Å². The van der Waals surface area contributed by atoms with Crippen LogP contribution in [0.2, 0.25) is 0 Å². The Morgan fingerprint density at radius 3 is 2.33 bits per heavy atom. The van der Waals surface area contributed by atoms with E-state index >= 15 is 0 Å². The Kier molecular flexibility index (Phi) is 5.62.